The van der Waals surface area contributed by atoms with Crippen LogP contribution in [-0.2, 0) is 0 Å². The molecule has 0 aliphatic heterocycles. The Morgan fingerprint density at radius 1 is 1.04 bits per heavy atom. The van der Waals surface area contributed by atoms with Crippen LogP contribution in [-0.4, -0.2) is 35.8 Å². The van der Waals surface area contributed by atoms with Gasteiger partial charge in [-0.05, 0) is 35.9 Å². The molecular formula is C20H22N4O3. The number of anilines is 3. The first kappa shape index (κ1) is 18.5. The van der Waals surface area contributed by atoms with Crippen molar-refractivity contribution in [2.45, 2.75) is 6.10 Å². The molecule has 140 valence electrons. The molecule has 1 aromatic heterocycles. The average Bonchev–Trinajstić information content (AvgIpc) is 2.72. The smallest absolute Gasteiger partial charge is 0.229 e. The molecule has 0 aliphatic rings. The van der Waals surface area contributed by atoms with Crippen molar-refractivity contribution in [2.75, 3.05) is 31.4 Å². The van der Waals surface area contributed by atoms with E-state index in [1.165, 1.54) is 0 Å². The van der Waals surface area contributed by atoms with Crippen LogP contribution in [0.15, 0.2) is 60.8 Å². The Hall–Kier alpha value is -3.32. The highest BCUT2D eigenvalue weighted by Gasteiger charge is 2.10. The van der Waals surface area contributed by atoms with E-state index >= 15 is 0 Å². The number of nitrogens with one attached hydrogen (secondary N) is 2. The number of hydrogen-bond donors (Lipinski definition) is 3. The normalized spacial score (nSPS) is 11.5. The van der Waals surface area contributed by atoms with Gasteiger partial charge in [0.1, 0.15) is 17.3 Å². The summed E-state index contributed by atoms with van der Waals surface area (Å²) < 4.78 is 10.5. The molecule has 3 aromatic rings. The fourth-order valence-corrected chi connectivity index (χ4v) is 2.55. The number of ether oxygens (including phenoxy) is 2. The Bertz CT molecular complexity index is 888. The first-order valence-corrected chi connectivity index (χ1v) is 8.48. The quantitative estimate of drug-likeness (QED) is 0.563. The van der Waals surface area contributed by atoms with Gasteiger partial charge in [0, 0.05) is 12.7 Å². The Morgan fingerprint density at radius 3 is 2.70 bits per heavy atom. The van der Waals surface area contributed by atoms with E-state index in [9.17, 15) is 5.11 Å². The number of hydrogen-bond acceptors (Lipinski definition) is 7. The lowest BCUT2D eigenvalue weighted by molar-refractivity contribution is 0.191. The molecule has 1 unspecified atom stereocenters. The Labute approximate surface area is 158 Å². The summed E-state index contributed by atoms with van der Waals surface area (Å²) in [6.07, 6.45) is 0.950. The summed E-state index contributed by atoms with van der Waals surface area (Å²) in [5, 5.41) is 16.6. The Morgan fingerprint density at radius 2 is 1.89 bits per heavy atom. The van der Waals surface area contributed by atoms with Gasteiger partial charge in [-0.2, -0.15) is 4.98 Å². The van der Waals surface area contributed by atoms with Crippen molar-refractivity contribution >= 4 is 17.5 Å². The van der Waals surface area contributed by atoms with Gasteiger partial charge < -0.3 is 25.2 Å². The summed E-state index contributed by atoms with van der Waals surface area (Å²) in [4.78, 5) is 8.64. The molecule has 1 heterocycles. The van der Waals surface area contributed by atoms with Crippen LogP contribution in [0.2, 0.25) is 0 Å². The van der Waals surface area contributed by atoms with E-state index in [1.807, 2.05) is 42.5 Å². The van der Waals surface area contributed by atoms with Crippen molar-refractivity contribution in [3.05, 3.63) is 66.4 Å². The summed E-state index contributed by atoms with van der Waals surface area (Å²) in [6, 6.07) is 16.6. The average molecular weight is 366 g/mol. The van der Waals surface area contributed by atoms with Crippen LogP contribution in [0.1, 0.15) is 11.7 Å². The number of aliphatic hydroxyl groups excluding tert-OH is 1. The SMILES string of the molecule is COc1cccc(C(O)CNc2ccnc(Nc3ccccc3OC)n2)c1. The highest BCUT2D eigenvalue weighted by molar-refractivity contribution is 5.62. The molecule has 7 nitrogen and oxygen atoms in total. The number of para-hydroxylation sites is 2. The van der Waals surface area contributed by atoms with Crippen LogP contribution >= 0.6 is 0 Å². The lowest BCUT2D eigenvalue weighted by atomic mass is 10.1. The van der Waals surface area contributed by atoms with E-state index in [2.05, 4.69) is 20.6 Å². The fraction of sp³-hybridized carbons (Fsp3) is 0.200. The molecule has 1 atom stereocenters. The van der Waals surface area contributed by atoms with Gasteiger partial charge in [-0.15, -0.1) is 0 Å². The number of benzene rings is 2. The number of nitrogens with zero attached hydrogens (tertiary/aromatic N) is 2. The first-order chi connectivity index (χ1) is 13.2. The van der Waals surface area contributed by atoms with Gasteiger partial charge in [0.15, 0.2) is 0 Å². The first-order valence-electron chi connectivity index (χ1n) is 8.48. The molecule has 0 radical (unpaired) electrons. The molecule has 0 aliphatic carbocycles. The van der Waals surface area contributed by atoms with Crippen molar-refractivity contribution in [1.82, 2.24) is 9.97 Å². The lowest BCUT2D eigenvalue weighted by Crippen LogP contribution is -2.13. The summed E-state index contributed by atoms with van der Waals surface area (Å²) in [5.74, 6) is 2.44. The molecule has 2 aromatic carbocycles. The predicted octanol–water partition coefficient (Wildman–Crippen LogP) is 3.38. The van der Waals surface area contributed by atoms with Crippen LogP contribution in [0, 0.1) is 0 Å². The summed E-state index contributed by atoms with van der Waals surface area (Å²) in [6.45, 7) is 0.304. The fourth-order valence-electron chi connectivity index (χ4n) is 2.55. The topological polar surface area (TPSA) is 88.5 Å². The monoisotopic (exact) mass is 366 g/mol. The van der Waals surface area contributed by atoms with E-state index < -0.39 is 6.10 Å². The highest BCUT2D eigenvalue weighted by Crippen LogP contribution is 2.26. The van der Waals surface area contributed by atoms with Crippen molar-refractivity contribution in [1.29, 1.82) is 0 Å². The van der Waals surface area contributed by atoms with Crippen molar-refractivity contribution in [3.8, 4) is 11.5 Å². The molecule has 0 bridgehead atoms. The van der Waals surface area contributed by atoms with E-state index in [-0.39, 0.29) is 0 Å². The molecule has 0 amide bonds. The van der Waals surface area contributed by atoms with Gasteiger partial charge in [0.25, 0.3) is 0 Å². The largest absolute Gasteiger partial charge is 0.497 e. The minimum Gasteiger partial charge on any atom is -0.497 e. The van der Waals surface area contributed by atoms with Gasteiger partial charge >= 0.3 is 0 Å². The van der Waals surface area contributed by atoms with Crippen LogP contribution < -0.4 is 20.1 Å². The summed E-state index contributed by atoms with van der Waals surface area (Å²) in [7, 11) is 3.21. The molecule has 7 heteroatoms. The van der Waals surface area contributed by atoms with Gasteiger partial charge in [-0.25, -0.2) is 4.98 Å². The maximum absolute atomic E-state index is 10.4. The lowest BCUT2D eigenvalue weighted by Gasteiger charge is -2.14. The van der Waals surface area contributed by atoms with Crippen molar-refractivity contribution in [3.63, 3.8) is 0 Å². The Balaban J connectivity index is 1.65. The zero-order valence-electron chi connectivity index (χ0n) is 15.2. The second kappa shape index (κ2) is 8.86. The Kier molecular flexibility index (Phi) is 6.06. The minimum absolute atomic E-state index is 0.304. The number of aromatic nitrogens is 2. The maximum Gasteiger partial charge on any atom is 0.229 e. The van der Waals surface area contributed by atoms with E-state index in [0.717, 1.165) is 11.3 Å². The van der Waals surface area contributed by atoms with Crippen LogP contribution in [0.3, 0.4) is 0 Å². The molecule has 0 saturated heterocycles. The van der Waals surface area contributed by atoms with E-state index in [4.69, 9.17) is 9.47 Å². The molecule has 0 fully saturated rings. The van der Waals surface area contributed by atoms with E-state index in [0.29, 0.717) is 29.8 Å². The highest BCUT2D eigenvalue weighted by atomic mass is 16.5. The van der Waals surface area contributed by atoms with Crippen molar-refractivity contribution < 1.29 is 14.6 Å². The molecule has 27 heavy (non-hydrogen) atoms. The van der Waals surface area contributed by atoms with Crippen LogP contribution in [0.25, 0.3) is 0 Å². The number of methoxy groups -OCH3 is 2. The zero-order valence-corrected chi connectivity index (χ0v) is 15.2. The third-order valence-corrected chi connectivity index (χ3v) is 3.96. The molecule has 3 rings (SSSR count). The molecule has 0 spiro atoms. The minimum atomic E-state index is -0.694. The second-order valence-electron chi connectivity index (χ2n) is 5.76. The van der Waals surface area contributed by atoms with Crippen molar-refractivity contribution in [2.24, 2.45) is 0 Å². The molecular weight excluding hydrogens is 344 g/mol. The predicted molar refractivity (Wildman–Crippen MR) is 105 cm³/mol. The van der Waals surface area contributed by atoms with Gasteiger partial charge in [-0.3, -0.25) is 0 Å². The van der Waals surface area contributed by atoms with Crippen LogP contribution in [0.5, 0.6) is 11.5 Å². The van der Waals surface area contributed by atoms with Gasteiger partial charge in [-0.1, -0.05) is 24.3 Å². The zero-order chi connectivity index (χ0) is 19.1. The number of aliphatic hydroxyl groups is 1. The third-order valence-electron chi connectivity index (χ3n) is 3.96. The van der Waals surface area contributed by atoms with Gasteiger partial charge in [0.05, 0.1) is 26.0 Å². The molecule has 3 N–H and O–H groups in total. The van der Waals surface area contributed by atoms with Crippen LogP contribution in [0.4, 0.5) is 17.5 Å². The summed E-state index contributed by atoms with van der Waals surface area (Å²) in [5.41, 5.74) is 1.54. The summed E-state index contributed by atoms with van der Waals surface area (Å²) >= 11 is 0. The third kappa shape index (κ3) is 4.86. The number of rotatable bonds is 8. The van der Waals surface area contributed by atoms with Gasteiger partial charge in [0.2, 0.25) is 5.95 Å². The van der Waals surface area contributed by atoms with E-state index in [1.54, 1.807) is 32.5 Å². The standard InChI is InChI=1S/C20H22N4O3/c1-26-15-7-5-6-14(12-15)17(25)13-22-19-10-11-21-20(24-19)23-16-8-3-4-9-18(16)27-2/h3-12,17,25H,13H2,1-2H3,(H2,21,22,23,24). The second-order valence-corrected chi connectivity index (χ2v) is 5.76. The molecule has 0 saturated carbocycles. The maximum atomic E-state index is 10.4.